The Labute approximate surface area is 187 Å². The molecule has 0 spiro atoms. The number of nitrogens with zero attached hydrogens (tertiary/aromatic N) is 3. The number of thiazole rings is 1. The Balaban J connectivity index is 1.25. The lowest BCUT2D eigenvalue weighted by atomic mass is 10.2. The molecule has 0 N–H and O–H groups in total. The minimum absolute atomic E-state index is 0.0377. The zero-order valence-corrected chi connectivity index (χ0v) is 18.7. The van der Waals surface area contributed by atoms with Crippen LogP contribution in [0.25, 0.3) is 11.3 Å². The highest BCUT2D eigenvalue weighted by molar-refractivity contribution is 7.09. The van der Waals surface area contributed by atoms with Crippen molar-refractivity contribution in [2.45, 2.75) is 13.5 Å². The van der Waals surface area contributed by atoms with Crippen molar-refractivity contribution in [3.8, 4) is 22.8 Å². The molecular weight excluding hydrogens is 410 g/mol. The van der Waals surface area contributed by atoms with E-state index in [0.29, 0.717) is 13.1 Å². The molecule has 0 unspecified atom stereocenters. The van der Waals surface area contributed by atoms with Crippen molar-refractivity contribution in [1.29, 1.82) is 0 Å². The van der Waals surface area contributed by atoms with Gasteiger partial charge in [0.2, 0.25) is 0 Å². The Morgan fingerprint density at radius 1 is 1.06 bits per heavy atom. The van der Waals surface area contributed by atoms with Crippen LogP contribution in [-0.2, 0) is 11.3 Å². The number of aromatic nitrogens is 1. The number of piperazine rings is 1. The molecule has 0 radical (unpaired) electrons. The zero-order chi connectivity index (χ0) is 21.6. The summed E-state index contributed by atoms with van der Waals surface area (Å²) in [6, 6.07) is 15.7. The minimum Gasteiger partial charge on any atom is -0.497 e. The molecule has 2 aromatic carbocycles. The maximum Gasteiger partial charge on any atom is 0.260 e. The van der Waals surface area contributed by atoms with E-state index in [1.807, 2.05) is 60.4 Å². The Morgan fingerprint density at radius 3 is 2.61 bits per heavy atom. The molecule has 6 nitrogen and oxygen atoms in total. The molecule has 0 saturated carbocycles. The van der Waals surface area contributed by atoms with E-state index in [9.17, 15) is 4.79 Å². The van der Waals surface area contributed by atoms with Crippen molar-refractivity contribution in [2.75, 3.05) is 39.9 Å². The van der Waals surface area contributed by atoms with E-state index in [2.05, 4.69) is 10.3 Å². The molecule has 0 aliphatic carbocycles. The maximum atomic E-state index is 12.5. The van der Waals surface area contributed by atoms with Crippen LogP contribution in [0.2, 0.25) is 0 Å². The molecule has 1 aliphatic heterocycles. The summed E-state index contributed by atoms with van der Waals surface area (Å²) in [6.45, 7) is 6.00. The van der Waals surface area contributed by atoms with Gasteiger partial charge in [0.25, 0.3) is 5.91 Å². The van der Waals surface area contributed by atoms with Crippen LogP contribution in [-0.4, -0.2) is 60.6 Å². The quantitative estimate of drug-likeness (QED) is 0.562. The van der Waals surface area contributed by atoms with Gasteiger partial charge in [0.05, 0.1) is 19.3 Å². The van der Waals surface area contributed by atoms with Crippen molar-refractivity contribution in [3.05, 3.63) is 64.5 Å². The van der Waals surface area contributed by atoms with Gasteiger partial charge in [0.1, 0.15) is 16.5 Å². The smallest absolute Gasteiger partial charge is 0.260 e. The highest BCUT2D eigenvalue weighted by Crippen LogP contribution is 2.26. The summed E-state index contributed by atoms with van der Waals surface area (Å²) < 4.78 is 11.0. The van der Waals surface area contributed by atoms with Crippen molar-refractivity contribution < 1.29 is 14.3 Å². The number of methoxy groups -OCH3 is 1. The van der Waals surface area contributed by atoms with E-state index < -0.39 is 0 Å². The Kier molecular flexibility index (Phi) is 6.84. The number of benzene rings is 2. The highest BCUT2D eigenvalue weighted by atomic mass is 32.1. The first-order valence-electron chi connectivity index (χ1n) is 10.4. The topological polar surface area (TPSA) is 54.9 Å². The zero-order valence-electron chi connectivity index (χ0n) is 17.9. The first kappa shape index (κ1) is 21.3. The largest absolute Gasteiger partial charge is 0.497 e. The van der Waals surface area contributed by atoms with Gasteiger partial charge in [-0.15, -0.1) is 11.3 Å². The lowest BCUT2D eigenvalue weighted by Gasteiger charge is -2.34. The average Bonchev–Trinajstić information content (AvgIpc) is 3.26. The number of carbonyl (C=O) groups is 1. The Morgan fingerprint density at radius 2 is 1.84 bits per heavy atom. The third-order valence-electron chi connectivity index (χ3n) is 5.35. The number of rotatable bonds is 7. The standard InChI is InChI=1S/C24H27N3O3S/c1-18-5-3-8-21(13-18)30-16-24(28)27-11-9-26(10-12-27)15-23-25-22(17-31-23)19-6-4-7-20(14-19)29-2/h3-8,13-14,17H,9-12,15-16H2,1-2H3. The summed E-state index contributed by atoms with van der Waals surface area (Å²) in [7, 11) is 1.67. The molecule has 2 heterocycles. The van der Waals surface area contributed by atoms with Gasteiger partial charge < -0.3 is 14.4 Å². The predicted octanol–water partition coefficient (Wildman–Crippen LogP) is 3.85. The monoisotopic (exact) mass is 437 g/mol. The molecule has 1 amide bonds. The Bertz CT molecular complexity index is 1030. The van der Waals surface area contributed by atoms with Crippen molar-refractivity contribution in [2.24, 2.45) is 0 Å². The van der Waals surface area contributed by atoms with Gasteiger partial charge in [-0.1, -0.05) is 24.3 Å². The molecule has 7 heteroatoms. The van der Waals surface area contributed by atoms with Crippen LogP contribution in [0.5, 0.6) is 11.5 Å². The summed E-state index contributed by atoms with van der Waals surface area (Å²) in [5.41, 5.74) is 3.15. The van der Waals surface area contributed by atoms with Gasteiger partial charge in [-0.25, -0.2) is 4.98 Å². The third kappa shape index (κ3) is 5.62. The number of hydrogen-bond acceptors (Lipinski definition) is 6. The molecule has 0 bridgehead atoms. The van der Waals surface area contributed by atoms with E-state index in [1.54, 1.807) is 18.4 Å². The van der Waals surface area contributed by atoms with E-state index in [0.717, 1.165) is 53.0 Å². The average molecular weight is 438 g/mol. The second-order valence-electron chi connectivity index (χ2n) is 7.62. The summed E-state index contributed by atoms with van der Waals surface area (Å²) in [5, 5.41) is 3.17. The van der Waals surface area contributed by atoms with Gasteiger partial charge in [-0.2, -0.15) is 0 Å². The van der Waals surface area contributed by atoms with Crippen LogP contribution in [0.1, 0.15) is 10.6 Å². The second kappa shape index (κ2) is 9.94. The highest BCUT2D eigenvalue weighted by Gasteiger charge is 2.22. The number of carbonyl (C=O) groups excluding carboxylic acids is 1. The molecular formula is C24H27N3O3S. The third-order valence-corrected chi connectivity index (χ3v) is 6.19. The minimum atomic E-state index is 0.0377. The fourth-order valence-corrected chi connectivity index (χ4v) is 4.43. The fourth-order valence-electron chi connectivity index (χ4n) is 3.59. The molecule has 4 rings (SSSR count). The first-order chi connectivity index (χ1) is 15.1. The fraction of sp³-hybridized carbons (Fsp3) is 0.333. The number of amides is 1. The summed E-state index contributed by atoms with van der Waals surface area (Å²) in [5.74, 6) is 1.61. The molecule has 1 saturated heterocycles. The van der Waals surface area contributed by atoms with Crippen LogP contribution < -0.4 is 9.47 Å². The lowest BCUT2D eigenvalue weighted by Crippen LogP contribution is -2.49. The van der Waals surface area contributed by atoms with Crippen LogP contribution >= 0.6 is 11.3 Å². The SMILES string of the molecule is COc1cccc(-c2csc(CN3CCN(C(=O)COc4cccc(C)c4)CC3)n2)c1. The second-order valence-corrected chi connectivity index (χ2v) is 8.56. The first-order valence-corrected chi connectivity index (χ1v) is 11.3. The van der Waals surface area contributed by atoms with E-state index >= 15 is 0 Å². The van der Waals surface area contributed by atoms with Crippen molar-refractivity contribution >= 4 is 17.2 Å². The van der Waals surface area contributed by atoms with E-state index in [4.69, 9.17) is 14.5 Å². The molecule has 31 heavy (non-hydrogen) atoms. The van der Waals surface area contributed by atoms with Crippen LogP contribution in [0, 0.1) is 6.92 Å². The van der Waals surface area contributed by atoms with E-state index in [-0.39, 0.29) is 12.5 Å². The van der Waals surface area contributed by atoms with Crippen LogP contribution in [0.3, 0.4) is 0 Å². The van der Waals surface area contributed by atoms with Gasteiger partial charge in [-0.05, 0) is 36.8 Å². The van der Waals surface area contributed by atoms with Crippen LogP contribution in [0.4, 0.5) is 0 Å². The van der Waals surface area contributed by atoms with Crippen molar-refractivity contribution in [3.63, 3.8) is 0 Å². The Hall–Kier alpha value is -2.90. The summed E-state index contributed by atoms with van der Waals surface area (Å²) in [6.07, 6.45) is 0. The molecule has 162 valence electrons. The molecule has 3 aromatic rings. The summed E-state index contributed by atoms with van der Waals surface area (Å²) >= 11 is 1.67. The van der Waals surface area contributed by atoms with Gasteiger partial charge in [0, 0.05) is 37.1 Å². The van der Waals surface area contributed by atoms with Gasteiger partial charge in [0.15, 0.2) is 6.61 Å². The maximum absolute atomic E-state index is 12.5. The molecule has 0 atom stereocenters. The summed E-state index contributed by atoms with van der Waals surface area (Å²) in [4.78, 5) is 21.5. The van der Waals surface area contributed by atoms with Gasteiger partial charge in [-0.3, -0.25) is 9.69 Å². The van der Waals surface area contributed by atoms with E-state index in [1.165, 1.54) is 0 Å². The van der Waals surface area contributed by atoms with Gasteiger partial charge >= 0.3 is 0 Å². The number of aryl methyl sites for hydroxylation is 1. The molecule has 1 aliphatic rings. The van der Waals surface area contributed by atoms with Crippen LogP contribution in [0.15, 0.2) is 53.9 Å². The number of ether oxygens (including phenoxy) is 2. The normalized spacial score (nSPS) is 14.5. The molecule has 1 fully saturated rings. The molecule has 1 aromatic heterocycles. The lowest BCUT2D eigenvalue weighted by molar-refractivity contribution is -0.135. The predicted molar refractivity (Wildman–Crippen MR) is 123 cm³/mol. The number of hydrogen-bond donors (Lipinski definition) is 0. The van der Waals surface area contributed by atoms with Crippen molar-refractivity contribution in [1.82, 2.24) is 14.8 Å².